The van der Waals surface area contributed by atoms with Crippen LogP contribution in [0.2, 0.25) is 0 Å². The van der Waals surface area contributed by atoms with Gasteiger partial charge in [-0.25, -0.2) is 0 Å². The van der Waals surface area contributed by atoms with Crippen LogP contribution in [0.15, 0.2) is 16.9 Å². The molecule has 5 heteroatoms. The van der Waals surface area contributed by atoms with Crippen molar-refractivity contribution in [1.82, 2.24) is 14.8 Å². The molecule has 1 aromatic heterocycles. The van der Waals surface area contributed by atoms with Crippen LogP contribution in [-0.2, 0) is 0 Å². The lowest BCUT2D eigenvalue weighted by Crippen LogP contribution is -2.46. The predicted molar refractivity (Wildman–Crippen MR) is 112 cm³/mol. The molecule has 1 spiro atoms. The molecule has 1 atom stereocenters. The highest BCUT2D eigenvalue weighted by Gasteiger charge is 2.43. The van der Waals surface area contributed by atoms with Crippen LogP contribution in [0.3, 0.4) is 0 Å². The Morgan fingerprint density at radius 3 is 2.71 bits per heavy atom. The molecule has 1 saturated carbocycles. The number of piperidine rings is 1. The molecule has 2 saturated heterocycles. The van der Waals surface area contributed by atoms with Crippen LogP contribution >= 0.6 is 0 Å². The first-order valence-corrected chi connectivity index (χ1v) is 11.3. The maximum absolute atomic E-state index is 12.9. The molecular weight excluding hydrogens is 350 g/mol. The van der Waals surface area contributed by atoms with Crippen molar-refractivity contribution in [3.63, 3.8) is 0 Å². The molecule has 4 rings (SSSR count). The van der Waals surface area contributed by atoms with E-state index in [2.05, 4.69) is 9.88 Å². The molecule has 154 valence electrons. The molecule has 0 unspecified atom stereocenters. The van der Waals surface area contributed by atoms with Gasteiger partial charge in [0, 0.05) is 30.7 Å². The number of nitrogens with zero attached hydrogens (tertiary/aromatic N) is 2. The third kappa shape index (κ3) is 4.35. The Balaban J connectivity index is 1.35. The second-order valence-electron chi connectivity index (χ2n) is 9.53. The van der Waals surface area contributed by atoms with E-state index < -0.39 is 0 Å². The first-order valence-electron chi connectivity index (χ1n) is 11.3. The van der Waals surface area contributed by atoms with Gasteiger partial charge in [0.25, 0.3) is 11.5 Å². The van der Waals surface area contributed by atoms with Crippen LogP contribution in [0.1, 0.15) is 73.8 Å². The van der Waals surface area contributed by atoms with Crippen LogP contribution in [0, 0.1) is 18.3 Å². The number of pyridine rings is 1. The first kappa shape index (κ1) is 19.7. The molecule has 0 radical (unpaired) electrons. The second kappa shape index (κ2) is 8.40. The highest BCUT2D eigenvalue weighted by molar-refractivity contribution is 5.94. The fourth-order valence-corrected chi connectivity index (χ4v) is 5.69. The molecule has 5 nitrogen and oxygen atoms in total. The normalized spacial score (nSPS) is 26.8. The molecule has 1 amide bonds. The smallest absolute Gasteiger partial charge is 0.260 e. The van der Waals surface area contributed by atoms with Gasteiger partial charge < -0.3 is 14.8 Å². The lowest BCUT2D eigenvalue weighted by molar-refractivity contribution is 0.0673. The third-order valence-corrected chi connectivity index (χ3v) is 7.33. The number of aryl methyl sites for hydroxylation is 1. The Morgan fingerprint density at radius 1 is 1.11 bits per heavy atom. The third-order valence-electron chi connectivity index (χ3n) is 7.33. The minimum atomic E-state index is -0.260. The minimum Gasteiger partial charge on any atom is -0.338 e. The molecular formula is C23H35N3O2. The number of nitrogens with one attached hydrogen (secondary N) is 1. The quantitative estimate of drug-likeness (QED) is 0.862. The van der Waals surface area contributed by atoms with E-state index in [4.69, 9.17) is 0 Å². The zero-order valence-corrected chi connectivity index (χ0v) is 17.3. The van der Waals surface area contributed by atoms with Crippen molar-refractivity contribution in [3.05, 3.63) is 33.7 Å². The molecule has 2 aliphatic heterocycles. The molecule has 0 bridgehead atoms. The SMILES string of the molecule is Cc1ccc(C(=O)N2CC[C@]3(CCCN(CCC4CCCCC4)C3)C2)c(=O)[nH]1. The summed E-state index contributed by atoms with van der Waals surface area (Å²) in [5.41, 5.74) is 1.05. The molecule has 1 aromatic rings. The highest BCUT2D eigenvalue weighted by atomic mass is 16.2. The van der Waals surface area contributed by atoms with Crippen LogP contribution < -0.4 is 5.56 Å². The predicted octanol–water partition coefficient (Wildman–Crippen LogP) is 3.58. The zero-order chi connectivity index (χ0) is 19.6. The summed E-state index contributed by atoms with van der Waals surface area (Å²) >= 11 is 0. The number of hydrogen-bond donors (Lipinski definition) is 1. The van der Waals surface area contributed by atoms with Crippen molar-refractivity contribution < 1.29 is 4.79 Å². The summed E-state index contributed by atoms with van der Waals surface area (Å²) in [6, 6.07) is 3.49. The van der Waals surface area contributed by atoms with Crippen molar-refractivity contribution >= 4 is 5.91 Å². The van der Waals surface area contributed by atoms with Crippen molar-refractivity contribution in [2.75, 3.05) is 32.7 Å². The number of H-pyrrole nitrogens is 1. The molecule has 3 fully saturated rings. The number of rotatable bonds is 4. The molecule has 0 aromatic carbocycles. The largest absolute Gasteiger partial charge is 0.338 e. The van der Waals surface area contributed by atoms with E-state index in [0.29, 0.717) is 0 Å². The van der Waals surface area contributed by atoms with E-state index in [9.17, 15) is 9.59 Å². The summed E-state index contributed by atoms with van der Waals surface area (Å²) < 4.78 is 0. The van der Waals surface area contributed by atoms with E-state index in [-0.39, 0.29) is 22.4 Å². The van der Waals surface area contributed by atoms with Gasteiger partial charge in [-0.05, 0) is 63.7 Å². The Hall–Kier alpha value is -1.62. The second-order valence-corrected chi connectivity index (χ2v) is 9.53. The van der Waals surface area contributed by atoms with Gasteiger partial charge in [-0.2, -0.15) is 0 Å². The standard InChI is InChI=1S/C23H35N3O2/c1-18-8-9-20(21(27)24-18)22(28)26-15-12-23(17-26)11-5-13-25(16-23)14-10-19-6-3-2-4-7-19/h8-9,19H,2-7,10-17H2,1H3,(H,24,27)/t23-/m0/s1. The summed E-state index contributed by atoms with van der Waals surface area (Å²) in [6.45, 7) is 6.97. The summed E-state index contributed by atoms with van der Waals surface area (Å²) in [5.74, 6) is 0.832. The number of carbonyl (C=O) groups excluding carboxylic acids is 1. The first-order chi connectivity index (χ1) is 13.5. The lowest BCUT2D eigenvalue weighted by atomic mass is 9.79. The summed E-state index contributed by atoms with van der Waals surface area (Å²) in [6.07, 6.45) is 12.0. The number of aromatic nitrogens is 1. The topological polar surface area (TPSA) is 56.4 Å². The van der Waals surface area contributed by atoms with Crippen LogP contribution in [0.4, 0.5) is 0 Å². The number of hydrogen-bond acceptors (Lipinski definition) is 3. The average molecular weight is 386 g/mol. The van der Waals surface area contributed by atoms with Crippen molar-refractivity contribution in [2.45, 2.75) is 64.7 Å². The van der Waals surface area contributed by atoms with Crippen LogP contribution in [0.25, 0.3) is 0 Å². The maximum Gasteiger partial charge on any atom is 0.260 e. The Labute approximate surface area is 168 Å². The summed E-state index contributed by atoms with van der Waals surface area (Å²) in [5, 5.41) is 0. The van der Waals surface area contributed by atoms with Crippen molar-refractivity contribution in [2.24, 2.45) is 11.3 Å². The maximum atomic E-state index is 12.9. The lowest BCUT2D eigenvalue weighted by Gasteiger charge is -2.41. The Bertz CT molecular complexity index is 752. The van der Waals surface area contributed by atoms with Gasteiger partial charge >= 0.3 is 0 Å². The van der Waals surface area contributed by atoms with E-state index in [0.717, 1.165) is 37.7 Å². The van der Waals surface area contributed by atoms with Crippen LogP contribution in [-0.4, -0.2) is 53.4 Å². The summed E-state index contributed by atoms with van der Waals surface area (Å²) in [4.78, 5) is 32.4. The molecule has 3 aliphatic rings. The monoisotopic (exact) mass is 385 g/mol. The van der Waals surface area contributed by atoms with Gasteiger partial charge in [-0.15, -0.1) is 0 Å². The van der Waals surface area contributed by atoms with E-state index >= 15 is 0 Å². The zero-order valence-electron chi connectivity index (χ0n) is 17.3. The minimum absolute atomic E-state index is 0.0996. The van der Waals surface area contributed by atoms with Gasteiger partial charge in [-0.3, -0.25) is 9.59 Å². The average Bonchev–Trinajstić information content (AvgIpc) is 3.10. The van der Waals surface area contributed by atoms with Gasteiger partial charge in [0.15, 0.2) is 0 Å². The molecule has 1 aliphatic carbocycles. The summed E-state index contributed by atoms with van der Waals surface area (Å²) in [7, 11) is 0. The van der Waals surface area contributed by atoms with E-state index in [1.807, 2.05) is 17.9 Å². The Morgan fingerprint density at radius 2 is 1.93 bits per heavy atom. The van der Waals surface area contributed by atoms with Crippen molar-refractivity contribution in [1.29, 1.82) is 0 Å². The molecule has 3 heterocycles. The van der Waals surface area contributed by atoms with E-state index in [1.54, 1.807) is 6.07 Å². The molecule has 28 heavy (non-hydrogen) atoms. The van der Waals surface area contributed by atoms with Crippen LogP contribution in [0.5, 0.6) is 0 Å². The fourth-order valence-electron chi connectivity index (χ4n) is 5.69. The van der Waals surface area contributed by atoms with Gasteiger partial charge in [-0.1, -0.05) is 32.1 Å². The number of likely N-dealkylation sites (tertiary alicyclic amines) is 2. The number of amides is 1. The van der Waals surface area contributed by atoms with Gasteiger partial charge in [0.1, 0.15) is 5.56 Å². The fraction of sp³-hybridized carbons (Fsp3) is 0.739. The van der Waals surface area contributed by atoms with E-state index in [1.165, 1.54) is 64.5 Å². The van der Waals surface area contributed by atoms with Gasteiger partial charge in [0.2, 0.25) is 0 Å². The van der Waals surface area contributed by atoms with Gasteiger partial charge in [0.05, 0.1) is 0 Å². The molecule has 1 N–H and O–H groups in total. The Kier molecular flexibility index (Phi) is 5.91. The highest BCUT2D eigenvalue weighted by Crippen LogP contribution is 2.39. The number of carbonyl (C=O) groups is 1. The van der Waals surface area contributed by atoms with Crippen molar-refractivity contribution in [3.8, 4) is 0 Å². The number of aromatic amines is 1.